The van der Waals surface area contributed by atoms with Gasteiger partial charge in [0.15, 0.2) is 0 Å². The van der Waals surface area contributed by atoms with E-state index in [0.29, 0.717) is 0 Å². The van der Waals surface area contributed by atoms with Crippen LogP contribution in [0.25, 0.3) is 0 Å². The maximum absolute atomic E-state index is 12.0. The predicted octanol–water partition coefficient (Wildman–Crippen LogP) is 2.12. The fourth-order valence-corrected chi connectivity index (χ4v) is 1.91. The molecule has 0 heterocycles. The van der Waals surface area contributed by atoms with E-state index in [4.69, 9.17) is 10.2 Å². The highest BCUT2D eigenvalue weighted by atomic mass is 16.4. The number of amides is 1. The minimum Gasteiger partial charge on any atom is -0.481 e. The largest absolute Gasteiger partial charge is 0.481 e. The monoisotopic (exact) mass is 287 g/mol. The van der Waals surface area contributed by atoms with Crippen molar-refractivity contribution in [2.24, 2.45) is 0 Å². The van der Waals surface area contributed by atoms with E-state index < -0.39 is 18.0 Å². The molecule has 0 saturated heterocycles. The minimum absolute atomic E-state index is 0.0589. The van der Waals surface area contributed by atoms with Crippen molar-refractivity contribution in [3.8, 4) is 0 Å². The van der Waals surface area contributed by atoms with E-state index in [1.54, 1.807) is 0 Å². The average molecular weight is 287 g/mol. The Kier molecular flexibility index (Phi) is 9.41. The van der Waals surface area contributed by atoms with E-state index in [2.05, 4.69) is 6.92 Å². The first-order valence-electron chi connectivity index (χ1n) is 7.14. The summed E-state index contributed by atoms with van der Waals surface area (Å²) in [6, 6.07) is -0.988. The van der Waals surface area contributed by atoms with E-state index in [-0.39, 0.29) is 25.3 Å². The normalized spacial score (nSPS) is 11.9. The van der Waals surface area contributed by atoms with Gasteiger partial charge in [-0.2, -0.15) is 0 Å². The van der Waals surface area contributed by atoms with E-state index in [1.165, 1.54) is 6.92 Å². The SMILES string of the molecule is CCCCCCCC(=O)N(CCC(=O)O)C(C)C(=O)O. The van der Waals surface area contributed by atoms with Gasteiger partial charge in [-0.1, -0.05) is 32.6 Å². The molecule has 0 aliphatic heterocycles. The summed E-state index contributed by atoms with van der Waals surface area (Å²) in [4.78, 5) is 34.7. The van der Waals surface area contributed by atoms with Crippen molar-refractivity contribution in [1.82, 2.24) is 4.90 Å². The Morgan fingerprint density at radius 2 is 1.60 bits per heavy atom. The highest BCUT2D eigenvalue weighted by molar-refractivity contribution is 5.83. The zero-order valence-corrected chi connectivity index (χ0v) is 12.3. The highest BCUT2D eigenvalue weighted by Gasteiger charge is 2.25. The summed E-state index contributed by atoms with van der Waals surface area (Å²) in [5.41, 5.74) is 0. The van der Waals surface area contributed by atoms with Gasteiger partial charge in [0.1, 0.15) is 6.04 Å². The lowest BCUT2D eigenvalue weighted by molar-refractivity contribution is -0.150. The quantitative estimate of drug-likeness (QED) is 0.568. The number of carboxylic acids is 2. The number of aliphatic carboxylic acids is 2. The number of carbonyl (C=O) groups is 3. The molecule has 0 bridgehead atoms. The van der Waals surface area contributed by atoms with Gasteiger partial charge in [0.25, 0.3) is 0 Å². The first-order chi connectivity index (χ1) is 9.40. The average Bonchev–Trinajstić information content (AvgIpc) is 2.37. The predicted molar refractivity (Wildman–Crippen MR) is 74.4 cm³/mol. The Morgan fingerprint density at radius 3 is 2.10 bits per heavy atom. The molecule has 0 saturated carbocycles. The maximum Gasteiger partial charge on any atom is 0.326 e. The molecule has 1 amide bonds. The molecule has 0 aromatic carbocycles. The van der Waals surface area contributed by atoms with Gasteiger partial charge in [-0.15, -0.1) is 0 Å². The highest BCUT2D eigenvalue weighted by Crippen LogP contribution is 2.10. The molecule has 0 aromatic heterocycles. The lowest BCUT2D eigenvalue weighted by atomic mass is 10.1. The van der Waals surface area contributed by atoms with Crippen LogP contribution in [0.5, 0.6) is 0 Å². The van der Waals surface area contributed by atoms with Crippen LogP contribution < -0.4 is 0 Å². The Morgan fingerprint density at radius 1 is 1.00 bits per heavy atom. The van der Waals surface area contributed by atoms with Crippen molar-refractivity contribution < 1.29 is 24.6 Å². The number of hydrogen-bond acceptors (Lipinski definition) is 3. The van der Waals surface area contributed by atoms with Crippen molar-refractivity contribution in [2.45, 2.75) is 64.8 Å². The van der Waals surface area contributed by atoms with E-state index >= 15 is 0 Å². The van der Waals surface area contributed by atoms with Crippen LogP contribution >= 0.6 is 0 Å². The number of carbonyl (C=O) groups excluding carboxylic acids is 1. The molecule has 1 atom stereocenters. The van der Waals surface area contributed by atoms with Gasteiger partial charge in [-0.05, 0) is 13.3 Å². The number of unbranched alkanes of at least 4 members (excludes halogenated alkanes) is 4. The molecule has 6 nitrogen and oxygen atoms in total. The van der Waals surface area contributed by atoms with Gasteiger partial charge < -0.3 is 15.1 Å². The summed E-state index contributed by atoms with van der Waals surface area (Å²) in [5, 5.41) is 17.6. The molecule has 20 heavy (non-hydrogen) atoms. The van der Waals surface area contributed by atoms with Crippen LogP contribution in [-0.4, -0.2) is 45.5 Å². The van der Waals surface area contributed by atoms with Crippen LogP contribution in [0.1, 0.15) is 58.8 Å². The molecule has 116 valence electrons. The molecule has 0 fully saturated rings. The molecular formula is C14H25NO5. The van der Waals surface area contributed by atoms with Crippen LogP contribution in [0, 0.1) is 0 Å². The molecule has 0 spiro atoms. The van der Waals surface area contributed by atoms with Crippen LogP contribution in [0.3, 0.4) is 0 Å². The zero-order valence-electron chi connectivity index (χ0n) is 12.3. The molecule has 0 aliphatic rings. The van der Waals surface area contributed by atoms with Gasteiger partial charge in [-0.25, -0.2) is 4.79 Å². The summed E-state index contributed by atoms with van der Waals surface area (Å²) in [7, 11) is 0. The minimum atomic E-state index is -1.12. The van der Waals surface area contributed by atoms with Crippen LogP contribution in [-0.2, 0) is 14.4 Å². The zero-order chi connectivity index (χ0) is 15.5. The fraction of sp³-hybridized carbons (Fsp3) is 0.786. The number of nitrogens with zero attached hydrogens (tertiary/aromatic N) is 1. The number of hydrogen-bond donors (Lipinski definition) is 2. The summed E-state index contributed by atoms with van der Waals surface area (Å²) in [5.74, 6) is -2.43. The van der Waals surface area contributed by atoms with Crippen LogP contribution in [0.4, 0.5) is 0 Å². The Bertz CT molecular complexity index is 330. The van der Waals surface area contributed by atoms with Crippen molar-refractivity contribution in [2.75, 3.05) is 6.54 Å². The van der Waals surface area contributed by atoms with Gasteiger partial charge in [0.05, 0.1) is 6.42 Å². The van der Waals surface area contributed by atoms with Crippen LogP contribution in [0.2, 0.25) is 0 Å². The fourth-order valence-electron chi connectivity index (χ4n) is 1.91. The third-order valence-electron chi connectivity index (χ3n) is 3.21. The summed E-state index contributed by atoms with van der Waals surface area (Å²) in [6.45, 7) is 3.45. The van der Waals surface area contributed by atoms with E-state index in [0.717, 1.165) is 37.0 Å². The van der Waals surface area contributed by atoms with Crippen LogP contribution in [0.15, 0.2) is 0 Å². The molecule has 0 aliphatic carbocycles. The standard InChI is InChI=1S/C14H25NO5/c1-3-4-5-6-7-8-12(16)15(10-9-13(17)18)11(2)14(19)20/h11H,3-10H2,1-2H3,(H,17,18)(H,19,20). The van der Waals surface area contributed by atoms with Gasteiger partial charge >= 0.3 is 11.9 Å². The third-order valence-corrected chi connectivity index (χ3v) is 3.21. The molecule has 0 aromatic rings. The first kappa shape index (κ1) is 18.4. The molecule has 0 radical (unpaired) electrons. The first-order valence-corrected chi connectivity index (χ1v) is 7.14. The molecular weight excluding hydrogens is 262 g/mol. The molecule has 2 N–H and O–H groups in total. The lowest BCUT2D eigenvalue weighted by Gasteiger charge is -2.26. The van der Waals surface area contributed by atoms with E-state index in [1.807, 2.05) is 0 Å². The van der Waals surface area contributed by atoms with Gasteiger partial charge in [0, 0.05) is 13.0 Å². The Labute approximate surface area is 119 Å². The van der Waals surface area contributed by atoms with E-state index in [9.17, 15) is 14.4 Å². The summed E-state index contributed by atoms with van der Waals surface area (Å²) < 4.78 is 0. The molecule has 6 heteroatoms. The summed E-state index contributed by atoms with van der Waals surface area (Å²) >= 11 is 0. The second kappa shape index (κ2) is 10.2. The van der Waals surface area contributed by atoms with Crippen molar-refractivity contribution in [1.29, 1.82) is 0 Å². The van der Waals surface area contributed by atoms with Gasteiger partial charge in [-0.3, -0.25) is 9.59 Å². The smallest absolute Gasteiger partial charge is 0.326 e. The number of carboxylic acid groups (broad SMARTS) is 2. The summed E-state index contributed by atoms with van der Waals surface area (Å²) in [6.07, 6.45) is 5.01. The third kappa shape index (κ3) is 7.76. The Balaban J connectivity index is 4.33. The number of rotatable bonds is 11. The maximum atomic E-state index is 12.0. The Hall–Kier alpha value is -1.59. The second-order valence-corrected chi connectivity index (χ2v) is 4.91. The lowest BCUT2D eigenvalue weighted by Crippen LogP contribution is -2.44. The van der Waals surface area contributed by atoms with Crippen molar-refractivity contribution in [3.05, 3.63) is 0 Å². The van der Waals surface area contributed by atoms with Crippen molar-refractivity contribution in [3.63, 3.8) is 0 Å². The van der Waals surface area contributed by atoms with Crippen molar-refractivity contribution >= 4 is 17.8 Å². The second-order valence-electron chi connectivity index (χ2n) is 4.91. The molecule has 1 unspecified atom stereocenters. The topological polar surface area (TPSA) is 94.9 Å². The van der Waals surface area contributed by atoms with Gasteiger partial charge in [0.2, 0.25) is 5.91 Å². The molecule has 0 rings (SSSR count).